The first-order valence-corrected chi connectivity index (χ1v) is 7.54. The molecule has 3 nitrogen and oxygen atoms in total. The quantitative estimate of drug-likeness (QED) is 0.877. The molecule has 0 bridgehead atoms. The second-order valence-electron chi connectivity index (χ2n) is 5.92. The van der Waals surface area contributed by atoms with E-state index in [1.807, 2.05) is 0 Å². The number of aryl methyl sites for hydroxylation is 2. The number of rotatable bonds is 3. The molecule has 106 valence electrons. The number of aromatic nitrogens is 2. The summed E-state index contributed by atoms with van der Waals surface area (Å²) >= 11 is 0. The van der Waals surface area contributed by atoms with Crippen molar-refractivity contribution < 1.29 is 0 Å². The van der Waals surface area contributed by atoms with Gasteiger partial charge in [-0.25, -0.2) is 4.98 Å². The molecular weight excluding hydrogens is 246 g/mol. The van der Waals surface area contributed by atoms with E-state index in [0.717, 1.165) is 17.3 Å². The molecule has 1 saturated carbocycles. The van der Waals surface area contributed by atoms with Gasteiger partial charge < -0.3 is 9.88 Å². The van der Waals surface area contributed by atoms with E-state index < -0.39 is 0 Å². The fourth-order valence-corrected chi connectivity index (χ4v) is 3.08. The van der Waals surface area contributed by atoms with E-state index in [2.05, 4.69) is 60.0 Å². The summed E-state index contributed by atoms with van der Waals surface area (Å²) in [6.07, 6.45) is 7.41. The highest BCUT2D eigenvalue weighted by atomic mass is 15.2. The zero-order valence-corrected chi connectivity index (χ0v) is 12.6. The first kappa shape index (κ1) is 13.2. The van der Waals surface area contributed by atoms with Crippen molar-refractivity contribution in [3.63, 3.8) is 0 Å². The molecule has 1 aliphatic carbocycles. The molecule has 2 aromatic rings. The molecule has 0 radical (unpaired) electrons. The van der Waals surface area contributed by atoms with E-state index in [4.69, 9.17) is 0 Å². The van der Waals surface area contributed by atoms with Gasteiger partial charge in [0.15, 0.2) is 0 Å². The Morgan fingerprint density at radius 2 is 1.90 bits per heavy atom. The number of hydrogen-bond donors (Lipinski definition) is 1. The maximum atomic E-state index is 4.67. The van der Waals surface area contributed by atoms with Crippen LogP contribution in [0.2, 0.25) is 0 Å². The number of anilines is 2. The number of benzene rings is 1. The number of nitrogens with zero attached hydrogens (tertiary/aromatic N) is 2. The van der Waals surface area contributed by atoms with Crippen molar-refractivity contribution in [3.8, 4) is 0 Å². The Hall–Kier alpha value is -1.77. The van der Waals surface area contributed by atoms with Crippen LogP contribution in [0.4, 0.5) is 11.6 Å². The summed E-state index contributed by atoms with van der Waals surface area (Å²) < 4.78 is 2.34. The minimum Gasteiger partial charge on any atom is -0.325 e. The van der Waals surface area contributed by atoms with E-state index in [9.17, 15) is 0 Å². The Bertz CT molecular complexity index is 607. The van der Waals surface area contributed by atoms with E-state index >= 15 is 0 Å². The molecular formula is C17H23N3. The molecule has 1 N–H and O–H groups in total. The van der Waals surface area contributed by atoms with E-state index in [-0.39, 0.29) is 0 Å². The molecule has 3 rings (SSSR count). The molecule has 1 aliphatic rings. The van der Waals surface area contributed by atoms with Gasteiger partial charge in [-0.2, -0.15) is 0 Å². The first-order valence-electron chi connectivity index (χ1n) is 7.54. The smallest absolute Gasteiger partial charge is 0.207 e. The van der Waals surface area contributed by atoms with Crippen LogP contribution in [0.5, 0.6) is 0 Å². The average molecular weight is 269 g/mol. The van der Waals surface area contributed by atoms with Crippen LogP contribution in [0.15, 0.2) is 24.4 Å². The van der Waals surface area contributed by atoms with Crippen molar-refractivity contribution in [3.05, 3.63) is 41.2 Å². The van der Waals surface area contributed by atoms with Gasteiger partial charge in [-0.15, -0.1) is 0 Å². The van der Waals surface area contributed by atoms with Crippen LogP contribution < -0.4 is 5.32 Å². The topological polar surface area (TPSA) is 29.9 Å². The van der Waals surface area contributed by atoms with Crippen molar-refractivity contribution in [1.82, 2.24) is 9.55 Å². The third-order valence-electron chi connectivity index (χ3n) is 4.42. The minimum atomic E-state index is 0.615. The van der Waals surface area contributed by atoms with E-state index in [1.165, 1.54) is 36.8 Å². The molecule has 1 heterocycles. The zero-order chi connectivity index (χ0) is 14.1. The van der Waals surface area contributed by atoms with Gasteiger partial charge in [-0.3, -0.25) is 0 Å². The van der Waals surface area contributed by atoms with Crippen LogP contribution in [0.1, 0.15) is 48.5 Å². The summed E-state index contributed by atoms with van der Waals surface area (Å²) in [6, 6.07) is 6.99. The lowest BCUT2D eigenvalue weighted by molar-refractivity contribution is 0.524. The summed E-state index contributed by atoms with van der Waals surface area (Å²) in [6.45, 7) is 6.38. The van der Waals surface area contributed by atoms with Gasteiger partial charge in [0.1, 0.15) is 0 Å². The maximum absolute atomic E-state index is 4.67. The Balaban J connectivity index is 1.92. The average Bonchev–Trinajstić information content (AvgIpc) is 3.04. The lowest BCUT2D eigenvalue weighted by Crippen LogP contribution is -2.08. The number of hydrogen-bond acceptors (Lipinski definition) is 2. The highest BCUT2D eigenvalue weighted by molar-refractivity contribution is 5.60. The van der Waals surface area contributed by atoms with Crippen molar-refractivity contribution in [2.45, 2.75) is 52.5 Å². The third-order valence-corrected chi connectivity index (χ3v) is 4.42. The monoisotopic (exact) mass is 269 g/mol. The predicted octanol–water partition coefficient (Wildman–Crippen LogP) is 4.67. The normalized spacial score (nSPS) is 15.8. The standard InChI is InChI=1S/C17H23N3/c1-12-7-6-10-16(14(12)3)19-17-18-13(2)11-20(17)15-8-4-5-9-15/h6-7,10-11,15H,4-5,8-9H2,1-3H3,(H,18,19). The molecule has 1 fully saturated rings. The third kappa shape index (κ3) is 2.45. The molecule has 0 unspecified atom stereocenters. The van der Waals surface area contributed by atoms with Crippen molar-refractivity contribution in [2.75, 3.05) is 5.32 Å². The number of nitrogens with one attached hydrogen (secondary N) is 1. The van der Waals surface area contributed by atoms with Gasteiger partial charge in [0, 0.05) is 17.9 Å². The molecule has 0 saturated heterocycles. The zero-order valence-electron chi connectivity index (χ0n) is 12.6. The van der Waals surface area contributed by atoms with Crippen molar-refractivity contribution in [2.24, 2.45) is 0 Å². The maximum Gasteiger partial charge on any atom is 0.207 e. The predicted molar refractivity (Wildman–Crippen MR) is 83.7 cm³/mol. The summed E-state index contributed by atoms with van der Waals surface area (Å²) in [5.74, 6) is 0.989. The van der Waals surface area contributed by atoms with Crippen LogP contribution >= 0.6 is 0 Å². The number of imidazole rings is 1. The molecule has 1 aromatic carbocycles. The van der Waals surface area contributed by atoms with E-state index in [0.29, 0.717) is 6.04 Å². The second kappa shape index (κ2) is 5.31. The summed E-state index contributed by atoms with van der Waals surface area (Å²) in [4.78, 5) is 4.67. The van der Waals surface area contributed by atoms with Crippen LogP contribution in [0, 0.1) is 20.8 Å². The van der Waals surface area contributed by atoms with E-state index in [1.54, 1.807) is 0 Å². The lowest BCUT2D eigenvalue weighted by atomic mass is 10.1. The van der Waals surface area contributed by atoms with Gasteiger partial charge in [0.05, 0.1) is 5.69 Å². The Kier molecular flexibility index (Phi) is 3.51. The molecule has 0 aliphatic heterocycles. The van der Waals surface area contributed by atoms with Gasteiger partial charge >= 0.3 is 0 Å². The lowest BCUT2D eigenvalue weighted by Gasteiger charge is -2.17. The minimum absolute atomic E-state index is 0.615. The Labute approximate surface area is 121 Å². The first-order chi connectivity index (χ1) is 9.65. The molecule has 3 heteroatoms. The van der Waals surface area contributed by atoms with Crippen LogP contribution in [-0.4, -0.2) is 9.55 Å². The molecule has 20 heavy (non-hydrogen) atoms. The second-order valence-corrected chi connectivity index (χ2v) is 5.92. The highest BCUT2D eigenvalue weighted by Gasteiger charge is 2.20. The summed E-state index contributed by atoms with van der Waals surface area (Å²) in [7, 11) is 0. The van der Waals surface area contributed by atoms with Gasteiger partial charge in [0.25, 0.3) is 0 Å². The molecule has 0 atom stereocenters. The van der Waals surface area contributed by atoms with Gasteiger partial charge in [-0.1, -0.05) is 25.0 Å². The summed E-state index contributed by atoms with van der Waals surface area (Å²) in [5, 5.41) is 3.53. The summed E-state index contributed by atoms with van der Waals surface area (Å²) in [5.41, 5.74) is 4.86. The molecule has 0 amide bonds. The van der Waals surface area contributed by atoms with Crippen LogP contribution in [0.25, 0.3) is 0 Å². The van der Waals surface area contributed by atoms with Gasteiger partial charge in [0.2, 0.25) is 5.95 Å². The fourth-order valence-electron chi connectivity index (χ4n) is 3.08. The Morgan fingerprint density at radius 1 is 1.15 bits per heavy atom. The van der Waals surface area contributed by atoms with Crippen molar-refractivity contribution in [1.29, 1.82) is 0 Å². The van der Waals surface area contributed by atoms with Crippen LogP contribution in [-0.2, 0) is 0 Å². The van der Waals surface area contributed by atoms with Crippen molar-refractivity contribution >= 4 is 11.6 Å². The molecule has 1 aromatic heterocycles. The Morgan fingerprint density at radius 3 is 2.65 bits per heavy atom. The van der Waals surface area contributed by atoms with Gasteiger partial charge in [-0.05, 0) is 50.8 Å². The fraction of sp³-hybridized carbons (Fsp3) is 0.471. The molecule has 0 spiro atoms. The highest BCUT2D eigenvalue weighted by Crippen LogP contribution is 2.33. The SMILES string of the molecule is Cc1cn(C2CCCC2)c(Nc2cccc(C)c2C)n1. The largest absolute Gasteiger partial charge is 0.325 e. The van der Waals surface area contributed by atoms with Crippen LogP contribution in [0.3, 0.4) is 0 Å².